The van der Waals surface area contributed by atoms with Gasteiger partial charge in [0.05, 0.1) is 19.5 Å². The zero-order valence-electron chi connectivity index (χ0n) is 13.5. The van der Waals surface area contributed by atoms with Gasteiger partial charge in [0, 0.05) is 18.1 Å². The number of carbonyl (C=O) groups excluding carboxylic acids is 3. The summed E-state index contributed by atoms with van der Waals surface area (Å²) >= 11 is 0. The molecular formula is C16H24O6. The lowest BCUT2D eigenvalue weighted by Gasteiger charge is -2.05. The first kappa shape index (κ1) is 21.9. The van der Waals surface area contributed by atoms with E-state index in [0.29, 0.717) is 37.2 Å². The van der Waals surface area contributed by atoms with Crippen LogP contribution < -0.4 is 0 Å². The highest BCUT2D eigenvalue weighted by molar-refractivity contribution is 5.87. The molecule has 0 aromatic rings. The monoisotopic (exact) mass is 312 g/mol. The fraction of sp³-hybridized carbons (Fsp3) is 0.438. The smallest absolute Gasteiger partial charge is 0.333 e. The van der Waals surface area contributed by atoms with Crippen LogP contribution in [0.1, 0.15) is 33.6 Å². The Morgan fingerprint density at radius 2 is 1.23 bits per heavy atom. The van der Waals surface area contributed by atoms with E-state index in [-0.39, 0.29) is 17.9 Å². The van der Waals surface area contributed by atoms with Crippen LogP contribution in [0.3, 0.4) is 0 Å². The van der Waals surface area contributed by atoms with Crippen molar-refractivity contribution in [3.63, 3.8) is 0 Å². The zero-order chi connectivity index (χ0) is 17.5. The van der Waals surface area contributed by atoms with Gasteiger partial charge in [-0.15, -0.1) is 0 Å². The Kier molecular flexibility index (Phi) is 13.6. The van der Waals surface area contributed by atoms with Gasteiger partial charge in [-0.05, 0) is 26.7 Å². The second-order valence-electron chi connectivity index (χ2n) is 4.32. The summed E-state index contributed by atoms with van der Waals surface area (Å²) in [5.41, 5.74) is 0.766. The van der Waals surface area contributed by atoms with Crippen molar-refractivity contribution in [1.82, 2.24) is 0 Å². The zero-order valence-corrected chi connectivity index (χ0v) is 13.5. The predicted molar refractivity (Wildman–Crippen MR) is 82.7 cm³/mol. The molecule has 6 nitrogen and oxygen atoms in total. The first-order chi connectivity index (χ1) is 10.2. The maximum Gasteiger partial charge on any atom is 0.333 e. The molecule has 124 valence electrons. The molecule has 0 atom stereocenters. The second kappa shape index (κ2) is 13.6. The molecule has 0 aliphatic rings. The van der Waals surface area contributed by atoms with E-state index in [9.17, 15) is 14.4 Å². The van der Waals surface area contributed by atoms with E-state index >= 15 is 0 Å². The van der Waals surface area contributed by atoms with E-state index in [1.807, 2.05) is 0 Å². The first-order valence-electron chi connectivity index (χ1n) is 6.65. The molecule has 0 heterocycles. The molecule has 6 heteroatoms. The highest BCUT2D eigenvalue weighted by Crippen LogP contribution is 1.98. The highest BCUT2D eigenvalue weighted by Gasteiger charge is 2.04. The molecule has 0 saturated carbocycles. The lowest BCUT2D eigenvalue weighted by atomic mass is 10.3. The Morgan fingerprint density at radius 1 is 0.864 bits per heavy atom. The molecule has 0 aliphatic carbocycles. The van der Waals surface area contributed by atoms with Gasteiger partial charge in [0.15, 0.2) is 0 Å². The van der Waals surface area contributed by atoms with E-state index in [2.05, 4.69) is 24.5 Å². The molecule has 0 aliphatic heterocycles. The molecule has 0 fully saturated rings. The molecule has 0 amide bonds. The van der Waals surface area contributed by atoms with E-state index in [1.54, 1.807) is 13.8 Å². The topological polar surface area (TPSA) is 78.9 Å². The predicted octanol–water partition coefficient (Wildman–Crippen LogP) is 2.70. The molecular weight excluding hydrogens is 288 g/mol. The summed E-state index contributed by atoms with van der Waals surface area (Å²) in [7, 11) is 0. The largest absolute Gasteiger partial charge is 0.462 e. The van der Waals surface area contributed by atoms with Crippen molar-refractivity contribution in [2.75, 3.05) is 13.2 Å². The van der Waals surface area contributed by atoms with E-state index in [4.69, 9.17) is 9.47 Å². The van der Waals surface area contributed by atoms with Crippen molar-refractivity contribution in [1.29, 1.82) is 0 Å². The van der Waals surface area contributed by atoms with Gasteiger partial charge >= 0.3 is 17.9 Å². The molecule has 0 saturated heterocycles. The Bertz CT molecular complexity index is 392. The fourth-order valence-corrected chi connectivity index (χ4v) is 0.898. The average molecular weight is 312 g/mol. The summed E-state index contributed by atoms with van der Waals surface area (Å²) in [6, 6.07) is 0. The van der Waals surface area contributed by atoms with Gasteiger partial charge in [-0.1, -0.05) is 19.7 Å². The quantitative estimate of drug-likeness (QED) is 0.225. The van der Waals surface area contributed by atoms with Crippen molar-refractivity contribution in [2.45, 2.75) is 33.6 Å². The van der Waals surface area contributed by atoms with Crippen LogP contribution in [-0.4, -0.2) is 31.1 Å². The molecule has 0 radical (unpaired) electrons. The van der Waals surface area contributed by atoms with E-state index < -0.39 is 0 Å². The van der Waals surface area contributed by atoms with Gasteiger partial charge in [-0.25, -0.2) is 9.59 Å². The summed E-state index contributed by atoms with van der Waals surface area (Å²) in [4.78, 5) is 31.7. The van der Waals surface area contributed by atoms with Gasteiger partial charge in [0.2, 0.25) is 0 Å². The molecule has 0 bridgehead atoms. The molecule has 0 spiro atoms. The summed E-state index contributed by atoms with van der Waals surface area (Å²) < 4.78 is 13.9. The maximum absolute atomic E-state index is 11.0. The van der Waals surface area contributed by atoms with Gasteiger partial charge in [-0.2, -0.15) is 0 Å². The average Bonchev–Trinajstić information content (AvgIpc) is 2.42. The highest BCUT2D eigenvalue weighted by atomic mass is 16.5. The molecule has 22 heavy (non-hydrogen) atoms. The number of unbranched alkanes of at least 4 members (excludes halogenated alkanes) is 1. The lowest BCUT2D eigenvalue weighted by molar-refractivity contribution is -0.141. The number of rotatable bonds is 8. The number of hydrogen-bond donors (Lipinski definition) is 0. The number of hydrogen-bond acceptors (Lipinski definition) is 6. The van der Waals surface area contributed by atoms with Gasteiger partial charge in [0.25, 0.3) is 0 Å². The standard InChI is InChI=1S/C12H18O4.C4H6O2/c1-9(2)11(13)15-7-5-6-8-16-12(14)10(3)4;1-3-6-4(2)5/h1,3,5-8H2,2,4H3;3H,1H2,2H3. The van der Waals surface area contributed by atoms with Crippen LogP contribution in [0.2, 0.25) is 0 Å². The normalized spacial score (nSPS) is 8.68. The van der Waals surface area contributed by atoms with Crippen LogP contribution in [0.5, 0.6) is 0 Å². The van der Waals surface area contributed by atoms with Gasteiger partial charge < -0.3 is 14.2 Å². The number of esters is 3. The minimum absolute atomic E-state index is 0.316. The third kappa shape index (κ3) is 15.7. The molecule has 0 rings (SSSR count). The van der Waals surface area contributed by atoms with Crippen LogP contribution in [0.25, 0.3) is 0 Å². The minimum atomic E-state index is -0.390. The van der Waals surface area contributed by atoms with Crippen molar-refractivity contribution >= 4 is 17.9 Å². The molecule has 0 aromatic carbocycles. The maximum atomic E-state index is 11.0. The Hall–Kier alpha value is -2.37. The van der Waals surface area contributed by atoms with Gasteiger partial charge in [0.1, 0.15) is 0 Å². The number of ether oxygens (including phenoxy) is 3. The molecule has 0 N–H and O–H groups in total. The van der Waals surface area contributed by atoms with E-state index in [0.717, 1.165) is 6.26 Å². The Labute approximate surface area is 131 Å². The third-order valence-corrected chi connectivity index (χ3v) is 1.95. The van der Waals surface area contributed by atoms with Crippen LogP contribution >= 0.6 is 0 Å². The Morgan fingerprint density at radius 3 is 1.41 bits per heavy atom. The lowest BCUT2D eigenvalue weighted by Crippen LogP contribution is -2.09. The summed E-state index contributed by atoms with van der Waals surface area (Å²) in [5.74, 6) is -1.11. The van der Waals surface area contributed by atoms with Crippen LogP contribution in [-0.2, 0) is 28.6 Å². The molecule has 0 unspecified atom stereocenters. The molecule has 0 aromatic heterocycles. The fourth-order valence-electron chi connectivity index (χ4n) is 0.898. The van der Waals surface area contributed by atoms with Crippen LogP contribution in [0, 0.1) is 0 Å². The summed E-state index contributed by atoms with van der Waals surface area (Å²) in [6.45, 7) is 15.2. The first-order valence-corrected chi connectivity index (χ1v) is 6.65. The summed E-state index contributed by atoms with van der Waals surface area (Å²) in [6.07, 6.45) is 2.41. The van der Waals surface area contributed by atoms with Gasteiger partial charge in [-0.3, -0.25) is 4.79 Å². The summed E-state index contributed by atoms with van der Waals surface area (Å²) in [5, 5.41) is 0. The number of carbonyl (C=O) groups is 3. The SMILES string of the molecule is C=C(C)C(=O)OCCCCOC(=O)C(=C)C.C=COC(C)=O. The third-order valence-electron chi connectivity index (χ3n) is 1.95. The Balaban J connectivity index is 0. The second-order valence-corrected chi connectivity index (χ2v) is 4.32. The van der Waals surface area contributed by atoms with Crippen LogP contribution in [0.4, 0.5) is 0 Å². The van der Waals surface area contributed by atoms with Crippen molar-refractivity contribution in [3.8, 4) is 0 Å². The van der Waals surface area contributed by atoms with Crippen molar-refractivity contribution in [3.05, 3.63) is 37.1 Å². The minimum Gasteiger partial charge on any atom is -0.462 e. The van der Waals surface area contributed by atoms with Crippen molar-refractivity contribution in [2.24, 2.45) is 0 Å². The van der Waals surface area contributed by atoms with E-state index in [1.165, 1.54) is 6.92 Å². The van der Waals surface area contributed by atoms with Crippen molar-refractivity contribution < 1.29 is 28.6 Å². The van der Waals surface area contributed by atoms with Crippen LogP contribution in [0.15, 0.2) is 37.1 Å².